The SMILES string of the molecule is CN=C(NCc1cccc(COCC(F)(F)F)c1)NC1CCN(C2CC2)CC1.I. The van der Waals surface area contributed by atoms with E-state index in [1.54, 1.807) is 13.1 Å². The summed E-state index contributed by atoms with van der Waals surface area (Å²) in [5, 5.41) is 6.78. The Balaban J connectivity index is 0.00000300. The lowest BCUT2D eigenvalue weighted by atomic mass is 10.1. The first-order valence-electron chi connectivity index (χ1n) is 9.86. The molecule has 0 radical (unpaired) electrons. The molecule has 1 aromatic rings. The van der Waals surface area contributed by atoms with Crippen molar-refractivity contribution in [3.8, 4) is 0 Å². The number of guanidine groups is 1. The zero-order valence-corrected chi connectivity index (χ0v) is 19.0. The number of nitrogens with zero attached hydrogens (tertiary/aromatic N) is 2. The molecular weight excluding hydrogens is 496 g/mol. The first-order chi connectivity index (χ1) is 13.4. The van der Waals surface area contributed by atoms with Crippen molar-refractivity contribution in [1.82, 2.24) is 15.5 Å². The van der Waals surface area contributed by atoms with E-state index in [0.717, 1.165) is 49.1 Å². The molecular formula is C20H30F3IN4O. The molecule has 29 heavy (non-hydrogen) atoms. The predicted molar refractivity (Wildman–Crippen MR) is 119 cm³/mol. The van der Waals surface area contributed by atoms with Gasteiger partial charge in [-0.3, -0.25) is 4.99 Å². The van der Waals surface area contributed by atoms with Gasteiger partial charge in [0.15, 0.2) is 5.96 Å². The number of aliphatic imine (C=N–C) groups is 1. The average molecular weight is 526 g/mol. The molecule has 0 amide bonds. The highest BCUT2D eigenvalue weighted by Gasteiger charge is 2.32. The lowest BCUT2D eigenvalue weighted by Gasteiger charge is -2.33. The third kappa shape index (κ3) is 8.67. The van der Waals surface area contributed by atoms with E-state index in [2.05, 4.69) is 20.5 Å². The van der Waals surface area contributed by atoms with Crippen molar-refractivity contribution < 1.29 is 17.9 Å². The van der Waals surface area contributed by atoms with Crippen LogP contribution < -0.4 is 10.6 Å². The topological polar surface area (TPSA) is 48.9 Å². The summed E-state index contributed by atoms with van der Waals surface area (Å²) in [6, 6.07) is 8.62. The summed E-state index contributed by atoms with van der Waals surface area (Å²) in [6.45, 7) is 1.54. The van der Waals surface area contributed by atoms with Gasteiger partial charge in [0.1, 0.15) is 6.61 Å². The van der Waals surface area contributed by atoms with Gasteiger partial charge in [-0.25, -0.2) is 0 Å². The molecule has 1 aliphatic carbocycles. The van der Waals surface area contributed by atoms with Gasteiger partial charge in [0, 0.05) is 38.8 Å². The van der Waals surface area contributed by atoms with Crippen LogP contribution in [0.5, 0.6) is 0 Å². The summed E-state index contributed by atoms with van der Waals surface area (Å²) in [5.74, 6) is 0.753. The standard InChI is InChI=1S/C20H29F3N4O.HI/c1-24-19(26-17-7-9-27(10-8-17)18-5-6-18)25-12-15-3-2-4-16(11-15)13-28-14-20(21,22)23;/h2-4,11,17-18H,5-10,12-14H2,1H3,(H2,24,25,26);1H. The number of halogens is 4. The van der Waals surface area contributed by atoms with Gasteiger partial charge in [-0.05, 0) is 36.8 Å². The number of piperidine rings is 1. The van der Waals surface area contributed by atoms with Gasteiger partial charge in [0.05, 0.1) is 6.61 Å². The van der Waals surface area contributed by atoms with Crippen LogP contribution in [0.15, 0.2) is 29.3 Å². The van der Waals surface area contributed by atoms with Crippen LogP contribution in [0.2, 0.25) is 0 Å². The largest absolute Gasteiger partial charge is 0.411 e. The van der Waals surface area contributed by atoms with Gasteiger partial charge in [-0.2, -0.15) is 13.2 Å². The first-order valence-corrected chi connectivity index (χ1v) is 9.86. The van der Waals surface area contributed by atoms with Crippen molar-refractivity contribution in [3.05, 3.63) is 35.4 Å². The molecule has 1 heterocycles. The summed E-state index contributed by atoms with van der Waals surface area (Å²) in [5.41, 5.74) is 1.69. The Morgan fingerprint density at radius 3 is 2.48 bits per heavy atom. The van der Waals surface area contributed by atoms with Crippen LogP contribution in [0.4, 0.5) is 13.2 Å². The fourth-order valence-corrected chi connectivity index (χ4v) is 3.54. The number of rotatable bonds is 7. The van der Waals surface area contributed by atoms with Crippen LogP contribution in [0, 0.1) is 0 Å². The Morgan fingerprint density at radius 2 is 1.86 bits per heavy atom. The van der Waals surface area contributed by atoms with Crippen molar-refractivity contribution in [2.75, 3.05) is 26.7 Å². The Bertz CT molecular complexity index is 659. The van der Waals surface area contributed by atoms with E-state index in [-0.39, 0.29) is 30.6 Å². The molecule has 1 aliphatic heterocycles. The van der Waals surface area contributed by atoms with Crippen molar-refractivity contribution in [2.45, 2.75) is 57.1 Å². The highest BCUT2D eigenvalue weighted by Crippen LogP contribution is 2.29. The van der Waals surface area contributed by atoms with Gasteiger partial charge in [0.25, 0.3) is 0 Å². The van der Waals surface area contributed by atoms with Gasteiger partial charge in [-0.1, -0.05) is 24.3 Å². The quantitative estimate of drug-likeness (QED) is 0.324. The van der Waals surface area contributed by atoms with E-state index in [1.807, 2.05) is 18.2 Å². The number of nitrogens with one attached hydrogen (secondary N) is 2. The molecule has 0 unspecified atom stereocenters. The molecule has 2 fully saturated rings. The lowest BCUT2D eigenvalue weighted by Crippen LogP contribution is -2.48. The Kier molecular flexibility index (Phi) is 9.48. The Morgan fingerprint density at radius 1 is 1.17 bits per heavy atom. The highest BCUT2D eigenvalue weighted by molar-refractivity contribution is 14.0. The lowest BCUT2D eigenvalue weighted by molar-refractivity contribution is -0.176. The summed E-state index contributed by atoms with van der Waals surface area (Å²) in [6.07, 6.45) is 0.627. The zero-order valence-electron chi connectivity index (χ0n) is 16.7. The summed E-state index contributed by atoms with van der Waals surface area (Å²) in [7, 11) is 1.75. The van der Waals surface area contributed by atoms with Crippen molar-refractivity contribution in [2.24, 2.45) is 4.99 Å². The van der Waals surface area contributed by atoms with Gasteiger partial charge in [-0.15, -0.1) is 24.0 Å². The fraction of sp³-hybridized carbons (Fsp3) is 0.650. The first kappa shape index (κ1) is 24.2. The maximum absolute atomic E-state index is 12.2. The predicted octanol–water partition coefficient (Wildman–Crippen LogP) is 3.68. The van der Waals surface area contributed by atoms with Crippen LogP contribution in [-0.2, 0) is 17.9 Å². The van der Waals surface area contributed by atoms with Crippen LogP contribution in [0.1, 0.15) is 36.8 Å². The minimum atomic E-state index is -4.30. The molecule has 5 nitrogen and oxygen atoms in total. The molecule has 9 heteroatoms. The molecule has 164 valence electrons. The highest BCUT2D eigenvalue weighted by atomic mass is 127. The number of hydrogen-bond donors (Lipinski definition) is 2. The second-order valence-corrected chi connectivity index (χ2v) is 7.54. The second-order valence-electron chi connectivity index (χ2n) is 7.54. The maximum atomic E-state index is 12.2. The monoisotopic (exact) mass is 526 g/mol. The van der Waals surface area contributed by atoms with E-state index in [1.165, 1.54) is 12.8 Å². The van der Waals surface area contributed by atoms with Gasteiger partial charge < -0.3 is 20.3 Å². The molecule has 1 aromatic carbocycles. The molecule has 0 spiro atoms. The number of hydrogen-bond acceptors (Lipinski definition) is 3. The molecule has 1 saturated heterocycles. The van der Waals surface area contributed by atoms with E-state index in [9.17, 15) is 13.2 Å². The van der Waals surface area contributed by atoms with E-state index < -0.39 is 12.8 Å². The number of alkyl halides is 3. The smallest absolute Gasteiger partial charge is 0.367 e. The second kappa shape index (κ2) is 11.4. The van der Waals surface area contributed by atoms with Crippen LogP contribution in [0.3, 0.4) is 0 Å². The minimum absolute atomic E-state index is 0. The van der Waals surface area contributed by atoms with Gasteiger partial charge >= 0.3 is 6.18 Å². The fourth-order valence-electron chi connectivity index (χ4n) is 3.54. The van der Waals surface area contributed by atoms with Crippen molar-refractivity contribution >= 4 is 29.9 Å². The van der Waals surface area contributed by atoms with E-state index >= 15 is 0 Å². The molecule has 0 atom stereocenters. The van der Waals surface area contributed by atoms with Crippen molar-refractivity contribution in [3.63, 3.8) is 0 Å². The summed E-state index contributed by atoms with van der Waals surface area (Å²) >= 11 is 0. The molecule has 2 N–H and O–H groups in total. The van der Waals surface area contributed by atoms with E-state index in [4.69, 9.17) is 4.74 Å². The minimum Gasteiger partial charge on any atom is -0.367 e. The van der Waals surface area contributed by atoms with Crippen LogP contribution in [-0.4, -0.2) is 55.9 Å². The van der Waals surface area contributed by atoms with Gasteiger partial charge in [0.2, 0.25) is 0 Å². The number of likely N-dealkylation sites (tertiary alicyclic amines) is 1. The van der Waals surface area contributed by atoms with Crippen molar-refractivity contribution in [1.29, 1.82) is 0 Å². The molecule has 0 aromatic heterocycles. The maximum Gasteiger partial charge on any atom is 0.411 e. The van der Waals surface area contributed by atoms with Crippen LogP contribution >= 0.6 is 24.0 Å². The Hall–Kier alpha value is -1.07. The number of ether oxygens (including phenoxy) is 1. The normalized spacial score (nSPS) is 19.0. The van der Waals surface area contributed by atoms with Crippen LogP contribution in [0.25, 0.3) is 0 Å². The summed E-state index contributed by atoms with van der Waals surface area (Å²) in [4.78, 5) is 6.88. The van der Waals surface area contributed by atoms with E-state index in [0.29, 0.717) is 12.6 Å². The number of benzene rings is 1. The third-order valence-electron chi connectivity index (χ3n) is 5.14. The Labute approximate surface area is 187 Å². The molecule has 1 saturated carbocycles. The molecule has 2 aliphatic rings. The summed E-state index contributed by atoms with van der Waals surface area (Å²) < 4.78 is 41.3. The molecule has 3 rings (SSSR count). The molecule has 0 bridgehead atoms. The zero-order chi connectivity index (χ0) is 20.0. The third-order valence-corrected chi connectivity index (χ3v) is 5.14. The average Bonchev–Trinajstić information content (AvgIpc) is 3.50.